The Bertz CT molecular complexity index is 393. The van der Waals surface area contributed by atoms with Gasteiger partial charge in [-0.1, -0.05) is 11.6 Å². The molecule has 0 aliphatic heterocycles. The van der Waals surface area contributed by atoms with Gasteiger partial charge < -0.3 is 5.73 Å². The molecule has 0 saturated heterocycles. The fourth-order valence-electron chi connectivity index (χ4n) is 1.02. The molecular weight excluding hydrogens is 162 g/mol. The van der Waals surface area contributed by atoms with E-state index in [0.717, 1.165) is 5.52 Å². The van der Waals surface area contributed by atoms with Gasteiger partial charge in [0.25, 0.3) is 0 Å². The molecule has 56 valence electrons. The molecule has 0 unspecified atom stereocenters. The normalized spacial score (nSPS) is 10.6. The summed E-state index contributed by atoms with van der Waals surface area (Å²) >= 11 is 5.76. The van der Waals surface area contributed by atoms with E-state index < -0.39 is 0 Å². The minimum atomic E-state index is 0.602. The van der Waals surface area contributed by atoms with Gasteiger partial charge in [0.1, 0.15) is 12.1 Å². The van der Waals surface area contributed by atoms with Crippen molar-refractivity contribution in [2.24, 2.45) is 0 Å². The van der Waals surface area contributed by atoms with E-state index in [1.54, 1.807) is 23.0 Å². The van der Waals surface area contributed by atoms with Crippen LogP contribution in [0.5, 0.6) is 0 Å². The summed E-state index contributed by atoms with van der Waals surface area (Å²) < 4.78 is 1.77. The molecule has 0 saturated carbocycles. The topological polar surface area (TPSA) is 43.3 Å². The standard InChI is InChI=1S/C7H6ClN3/c8-5-1-6-3-10-4-11(6)7(9)2-5/h1-4H,9H2. The van der Waals surface area contributed by atoms with Crippen LogP contribution in [0.4, 0.5) is 5.82 Å². The van der Waals surface area contributed by atoms with Crippen LogP contribution in [0.15, 0.2) is 24.7 Å². The summed E-state index contributed by atoms with van der Waals surface area (Å²) in [5, 5.41) is 0.635. The van der Waals surface area contributed by atoms with E-state index in [4.69, 9.17) is 17.3 Å². The molecule has 0 aliphatic rings. The number of fused-ring (bicyclic) bond motifs is 1. The van der Waals surface area contributed by atoms with Crippen molar-refractivity contribution in [3.8, 4) is 0 Å². The average Bonchev–Trinajstić information content (AvgIpc) is 2.34. The molecule has 0 atom stereocenters. The number of halogens is 1. The molecule has 0 fully saturated rings. The molecule has 2 N–H and O–H groups in total. The highest BCUT2D eigenvalue weighted by atomic mass is 35.5. The van der Waals surface area contributed by atoms with Crippen LogP contribution < -0.4 is 5.73 Å². The van der Waals surface area contributed by atoms with Crippen molar-refractivity contribution in [3.63, 3.8) is 0 Å². The van der Waals surface area contributed by atoms with E-state index in [1.807, 2.05) is 6.07 Å². The number of aromatic nitrogens is 2. The second-order valence-corrected chi connectivity index (χ2v) is 2.72. The first-order valence-corrected chi connectivity index (χ1v) is 3.52. The minimum absolute atomic E-state index is 0.602. The van der Waals surface area contributed by atoms with E-state index in [0.29, 0.717) is 10.8 Å². The molecular formula is C7H6ClN3. The third-order valence-electron chi connectivity index (χ3n) is 1.52. The molecule has 3 nitrogen and oxygen atoms in total. The number of pyridine rings is 1. The second kappa shape index (κ2) is 2.13. The van der Waals surface area contributed by atoms with Crippen molar-refractivity contribution in [3.05, 3.63) is 29.7 Å². The summed E-state index contributed by atoms with van der Waals surface area (Å²) in [4.78, 5) is 3.93. The van der Waals surface area contributed by atoms with Crippen molar-refractivity contribution in [2.75, 3.05) is 5.73 Å². The van der Waals surface area contributed by atoms with Crippen molar-refractivity contribution >= 4 is 22.9 Å². The zero-order chi connectivity index (χ0) is 7.84. The number of hydrogen-bond donors (Lipinski definition) is 1. The van der Waals surface area contributed by atoms with Gasteiger partial charge in [-0.3, -0.25) is 4.40 Å². The molecule has 0 radical (unpaired) electrons. The summed E-state index contributed by atoms with van der Waals surface area (Å²) in [6, 6.07) is 3.50. The van der Waals surface area contributed by atoms with Crippen LogP contribution in [0.25, 0.3) is 5.52 Å². The van der Waals surface area contributed by atoms with E-state index in [-0.39, 0.29) is 0 Å². The van der Waals surface area contributed by atoms with Crippen LogP contribution in [0.3, 0.4) is 0 Å². The smallest absolute Gasteiger partial charge is 0.110 e. The Morgan fingerprint density at radius 1 is 1.45 bits per heavy atom. The first kappa shape index (κ1) is 6.49. The number of hydrogen-bond acceptors (Lipinski definition) is 2. The van der Waals surface area contributed by atoms with Crippen molar-refractivity contribution < 1.29 is 0 Å². The van der Waals surface area contributed by atoms with Crippen LogP contribution in [0.1, 0.15) is 0 Å². The SMILES string of the molecule is Nc1cc(Cl)cc2cncn12. The summed E-state index contributed by atoms with van der Waals surface area (Å²) in [6.07, 6.45) is 3.36. The predicted molar refractivity (Wildman–Crippen MR) is 44.6 cm³/mol. The lowest BCUT2D eigenvalue weighted by molar-refractivity contribution is 1.17. The monoisotopic (exact) mass is 167 g/mol. The van der Waals surface area contributed by atoms with Gasteiger partial charge >= 0.3 is 0 Å². The van der Waals surface area contributed by atoms with Gasteiger partial charge in [-0.05, 0) is 12.1 Å². The molecule has 0 aliphatic carbocycles. The molecule has 2 aromatic heterocycles. The molecule has 2 aromatic rings. The predicted octanol–water partition coefficient (Wildman–Crippen LogP) is 1.57. The number of anilines is 1. The second-order valence-electron chi connectivity index (χ2n) is 2.29. The Morgan fingerprint density at radius 2 is 2.27 bits per heavy atom. The molecule has 4 heteroatoms. The molecule has 0 amide bonds. The van der Waals surface area contributed by atoms with E-state index in [9.17, 15) is 0 Å². The number of rotatable bonds is 0. The van der Waals surface area contributed by atoms with E-state index >= 15 is 0 Å². The number of imidazole rings is 1. The molecule has 0 spiro atoms. The van der Waals surface area contributed by atoms with Crippen LogP contribution >= 0.6 is 11.6 Å². The average molecular weight is 168 g/mol. The highest BCUT2D eigenvalue weighted by Crippen LogP contribution is 2.16. The Morgan fingerprint density at radius 3 is 3.09 bits per heavy atom. The third-order valence-corrected chi connectivity index (χ3v) is 1.74. The summed E-state index contributed by atoms with van der Waals surface area (Å²) in [6.45, 7) is 0. The maximum Gasteiger partial charge on any atom is 0.110 e. The largest absolute Gasteiger partial charge is 0.385 e. The van der Waals surface area contributed by atoms with Gasteiger partial charge in [0.05, 0.1) is 11.7 Å². The Hall–Kier alpha value is -1.22. The summed E-state index contributed by atoms with van der Waals surface area (Å²) in [7, 11) is 0. The number of nitrogens with zero attached hydrogens (tertiary/aromatic N) is 2. The quantitative estimate of drug-likeness (QED) is 0.647. The van der Waals surface area contributed by atoms with Crippen LogP contribution in [0.2, 0.25) is 5.02 Å². The van der Waals surface area contributed by atoms with Gasteiger partial charge in [-0.2, -0.15) is 0 Å². The first-order valence-electron chi connectivity index (χ1n) is 3.14. The van der Waals surface area contributed by atoms with Gasteiger partial charge in [-0.15, -0.1) is 0 Å². The highest BCUT2D eigenvalue weighted by molar-refractivity contribution is 6.31. The Balaban J connectivity index is 2.91. The lowest BCUT2D eigenvalue weighted by Crippen LogP contribution is -1.94. The van der Waals surface area contributed by atoms with E-state index in [2.05, 4.69) is 4.98 Å². The van der Waals surface area contributed by atoms with Crippen molar-refractivity contribution in [1.29, 1.82) is 0 Å². The van der Waals surface area contributed by atoms with Crippen LogP contribution in [-0.2, 0) is 0 Å². The van der Waals surface area contributed by atoms with Gasteiger partial charge in [0.15, 0.2) is 0 Å². The lowest BCUT2D eigenvalue weighted by atomic mass is 10.4. The van der Waals surface area contributed by atoms with Crippen molar-refractivity contribution in [1.82, 2.24) is 9.38 Å². The van der Waals surface area contributed by atoms with Gasteiger partial charge in [0.2, 0.25) is 0 Å². The molecule has 0 aromatic carbocycles. The Kier molecular flexibility index (Phi) is 1.26. The Labute approximate surface area is 68.4 Å². The summed E-state index contributed by atoms with van der Waals surface area (Å²) in [5.74, 6) is 0.602. The molecule has 2 rings (SSSR count). The van der Waals surface area contributed by atoms with E-state index in [1.165, 1.54) is 0 Å². The third kappa shape index (κ3) is 0.935. The fourth-order valence-corrected chi connectivity index (χ4v) is 1.25. The zero-order valence-corrected chi connectivity index (χ0v) is 6.42. The highest BCUT2D eigenvalue weighted by Gasteiger charge is 1.97. The molecule has 0 bridgehead atoms. The lowest BCUT2D eigenvalue weighted by Gasteiger charge is -1.98. The maximum absolute atomic E-state index is 5.76. The van der Waals surface area contributed by atoms with Crippen LogP contribution in [0, 0.1) is 0 Å². The fraction of sp³-hybridized carbons (Fsp3) is 0. The number of nitrogens with two attached hydrogens (primary N) is 1. The zero-order valence-electron chi connectivity index (χ0n) is 5.66. The maximum atomic E-state index is 5.76. The minimum Gasteiger partial charge on any atom is -0.385 e. The number of nitrogen functional groups attached to an aromatic ring is 1. The molecule has 11 heavy (non-hydrogen) atoms. The summed E-state index contributed by atoms with van der Waals surface area (Å²) in [5.41, 5.74) is 6.55. The van der Waals surface area contributed by atoms with Gasteiger partial charge in [-0.25, -0.2) is 4.98 Å². The first-order chi connectivity index (χ1) is 5.27. The van der Waals surface area contributed by atoms with Crippen molar-refractivity contribution in [2.45, 2.75) is 0 Å². The van der Waals surface area contributed by atoms with Crippen LogP contribution in [-0.4, -0.2) is 9.38 Å². The van der Waals surface area contributed by atoms with Gasteiger partial charge in [0, 0.05) is 5.02 Å². The molecule has 2 heterocycles.